The third kappa shape index (κ3) is 9.49. The van der Waals surface area contributed by atoms with E-state index in [1.54, 1.807) is 0 Å². The molecule has 8 aromatic carbocycles. The third-order valence-corrected chi connectivity index (χ3v) is 22.2. The highest BCUT2D eigenvalue weighted by Crippen LogP contribution is 2.53. The Hall–Kier alpha value is -14.0. The summed E-state index contributed by atoms with van der Waals surface area (Å²) in [5.74, 6) is 1.32. The fraction of sp³-hybridized carbons (Fsp3) is 0.193. The summed E-state index contributed by atoms with van der Waals surface area (Å²) in [5, 5.41) is 53.1. The number of hydrogen-bond acceptors (Lipinski definition) is 14. The lowest BCUT2D eigenvalue weighted by atomic mass is 9.95. The number of aryl methyl sites for hydroxylation is 14. The number of rotatable bonds is 8. The largest absolute Gasteiger partial charge is 0.324 e. The summed E-state index contributed by atoms with van der Waals surface area (Å²) in [6, 6.07) is 48.4. The van der Waals surface area contributed by atoms with Crippen molar-refractivity contribution in [1.29, 1.82) is 0 Å². The van der Waals surface area contributed by atoms with E-state index in [1.807, 2.05) is 88.2 Å². The van der Waals surface area contributed by atoms with Gasteiger partial charge in [-0.1, -0.05) is 95.7 Å². The van der Waals surface area contributed by atoms with Gasteiger partial charge >= 0.3 is 0 Å². The van der Waals surface area contributed by atoms with Crippen molar-refractivity contribution < 1.29 is 4.70 Å². The summed E-state index contributed by atoms with van der Waals surface area (Å²) in [5.41, 5.74) is 23.4. The van der Waals surface area contributed by atoms with Gasteiger partial charge in [0.25, 0.3) is 5.69 Å². The van der Waals surface area contributed by atoms with E-state index in [2.05, 4.69) is 216 Å². The highest BCUT2D eigenvalue weighted by atomic mass is 15.4. The van der Waals surface area contributed by atoms with Gasteiger partial charge in [-0.3, -0.25) is 0 Å². The summed E-state index contributed by atoms with van der Waals surface area (Å²) >= 11 is 0. The number of aromatic nitrogens is 22. The maximum absolute atomic E-state index is 6.19. The summed E-state index contributed by atoms with van der Waals surface area (Å²) in [6.45, 7) is 33.0. The summed E-state index contributed by atoms with van der Waals surface area (Å²) in [7, 11) is 0. The lowest BCUT2D eigenvalue weighted by Gasteiger charge is -2.19. The van der Waals surface area contributed by atoms with Crippen LogP contribution in [-0.2, 0) is 0 Å². The number of nitrogens with zero attached hydrogens (tertiary/aromatic N) is 22. The predicted molar refractivity (Wildman–Crippen MR) is 438 cm³/mol. The molecule has 18 aromatic rings. The number of allylic oxidation sites excluding steroid dienone is 1. The van der Waals surface area contributed by atoms with Gasteiger partial charge in [-0.15, -0.1) is 0 Å². The van der Waals surface area contributed by atoms with Crippen molar-refractivity contribution in [2.75, 3.05) is 0 Å². The number of H-pyrrole nitrogens is 2. The quantitative estimate of drug-likeness (QED) is 0.135. The normalized spacial score (nSPS) is 13.6. The van der Waals surface area contributed by atoms with Crippen LogP contribution in [0, 0.1) is 96.9 Å². The van der Waals surface area contributed by atoms with Gasteiger partial charge in [-0.25, -0.2) is 62.7 Å². The predicted octanol–water partition coefficient (Wildman–Crippen LogP) is 18.5. The summed E-state index contributed by atoms with van der Waals surface area (Å²) in [4.78, 5) is 44.8. The number of azo groups is 2. The molecule has 112 heavy (non-hydrogen) atoms. The Morgan fingerprint density at radius 2 is 0.500 bits per heavy atom. The third-order valence-electron chi connectivity index (χ3n) is 22.2. The van der Waals surface area contributed by atoms with Gasteiger partial charge in [0.05, 0.1) is 123 Å². The van der Waals surface area contributed by atoms with Crippen LogP contribution in [0.1, 0.15) is 93.6 Å². The van der Waals surface area contributed by atoms with E-state index in [9.17, 15) is 0 Å². The molecular weight excluding hydrogens is 1390 g/mol. The average Bonchev–Trinajstić information content (AvgIpc) is 1.53. The summed E-state index contributed by atoms with van der Waals surface area (Å²) in [6.07, 6.45) is 2.19. The minimum absolute atomic E-state index is 0.209. The fourth-order valence-corrected chi connectivity index (χ4v) is 18.1. The monoisotopic (exact) mass is 1470 g/mol. The molecule has 10 aromatic heterocycles. The molecule has 0 fully saturated rings. The molecule has 0 saturated carbocycles. The van der Waals surface area contributed by atoms with Crippen molar-refractivity contribution in [3.63, 3.8) is 0 Å². The molecule has 2 N–H and O–H groups in total. The summed E-state index contributed by atoms with van der Waals surface area (Å²) < 4.78 is 16.4. The van der Waals surface area contributed by atoms with Crippen LogP contribution in [-0.4, -0.2) is 119 Å². The van der Waals surface area contributed by atoms with E-state index in [1.165, 1.54) is 0 Å². The molecule has 0 aliphatic carbocycles. The first kappa shape index (κ1) is 66.2. The number of benzene rings is 8. The standard InChI is InChI=1S/C88H74N24/c1-41-33-49(9)105(97-41)73-57-25-17-18-26-58(57)74(106-50(10)34-42(2)98-106)66-65(73)81-89-82(66)94-84-69-70(78(110-54(14)38-46(6)102-110)62-30-22-21-29-61(62)77(69)109-53(13)37-45(5)101-109)86(91-84)96-88-72-71(79(111-55(15)39-47(7)103-111)63-31-23-24-32-64(63)80(72)112-56(16)40-48(8)104-112)87(92-88)95-85-68-67(83(90-85)93-81)75(107-51(11)35-43(3)99-107)59-27-19-20-28-60(59)76(68)108-52(12)36-44(4)100-108/h17-40,49,97H,1-16H3/p+1. The Balaban J connectivity index is 1.10. The zero-order chi connectivity index (χ0) is 76.6. The van der Waals surface area contributed by atoms with Crippen LogP contribution < -0.4 is 0 Å². The van der Waals surface area contributed by atoms with Gasteiger partial charge in [0.2, 0.25) is 6.04 Å². The van der Waals surface area contributed by atoms with Crippen LogP contribution in [0.2, 0.25) is 0 Å². The van der Waals surface area contributed by atoms with Crippen molar-refractivity contribution in [1.82, 2.24) is 108 Å². The molecule has 24 nitrogen and oxygen atoms in total. The Morgan fingerprint density at radius 3 is 0.741 bits per heavy atom. The van der Waals surface area contributed by atoms with E-state index in [0.29, 0.717) is 89.7 Å². The SMILES string of the molecule is CC1=CC(C)[N+](c2c3ccccc3c(-n3nc(C)cc3C)c3c4nc5nc(nc6[nH]c(nc7nc(nc([nH]4)c23)-c2c-7c(-n3nc(C)cc3C)c3ccccc3c2-n2nc(C)cc2C)c2c(-n3nc(C)cc3C)c3ccccc3c(-n3nc(C)cc3C)c62)-c2c-5c(-n3nc(C)cc3C)c3ccccc3c2-n2nc(C)cc2C)=N1. The maximum Gasteiger partial charge on any atom is 0.252 e. The molecule has 0 saturated heterocycles. The second kappa shape index (κ2) is 23.7. The van der Waals surface area contributed by atoms with Crippen molar-refractivity contribution >= 4 is 92.9 Å². The lowest BCUT2D eigenvalue weighted by Crippen LogP contribution is -2.12. The van der Waals surface area contributed by atoms with Gasteiger partial charge in [-0.05, 0) is 158 Å². The van der Waals surface area contributed by atoms with E-state index < -0.39 is 0 Å². The Kier molecular flexibility index (Phi) is 14.0. The molecule has 1 unspecified atom stereocenters. The highest BCUT2D eigenvalue weighted by molar-refractivity contribution is 6.26. The molecule has 3 aliphatic heterocycles. The molecule has 0 spiro atoms. The van der Waals surface area contributed by atoms with Crippen LogP contribution >= 0.6 is 0 Å². The lowest BCUT2D eigenvalue weighted by molar-refractivity contribution is -0.524. The van der Waals surface area contributed by atoms with Gasteiger partial charge in [0.15, 0.2) is 23.3 Å². The maximum atomic E-state index is 6.19. The second-order valence-electron chi connectivity index (χ2n) is 30.4. The van der Waals surface area contributed by atoms with E-state index in [-0.39, 0.29) is 6.04 Å². The molecule has 24 heteroatoms. The van der Waals surface area contributed by atoms with E-state index >= 15 is 0 Å². The molecule has 3 aliphatic rings. The first-order valence-corrected chi connectivity index (χ1v) is 37.7. The van der Waals surface area contributed by atoms with Crippen LogP contribution in [0.5, 0.6) is 0 Å². The molecule has 0 amide bonds. The van der Waals surface area contributed by atoms with Crippen molar-refractivity contribution in [3.05, 3.63) is 231 Å². The zero-order valence-electron chi connectivity index (χ0n) is 64.8. The van der Waals surface area contributed by atoms with Gasteiger partial charge in [0.1, 0.15) is 33.7 Å². The van der Waals surface area contributed by atoms with Crippen molar-refractivity contribution in [2.45, 2.75) is 117 Å². The van der Waals surface area contributed by atoms with Crippen LogP contribution in [0.15, 0.2) is 156 Å². The number of hydrogen-bond donors (Lipinski definition) is 2. The van der Waals surface area contributed by atoms with E-state index in [4.69, 9.17) is 70.7 Å². The van der Waals surface area contributed by atoms with Crippen LogP contribution in [0.3, 0.4) is 0 Å². The van der Waals surface area contributed by atoms with Gasteiger partial charge < -0.3 is 9.97 Å². The zero-order valence-corrected chi connectivity index (χ0v) is 64.8. The molecular formula is C88H75N24+. The van der Waals surface area contributed by atoms with Crippen molar-refractivity contribution in [2.24, 2.45) is 5.11 Å². The minimum atomic E-state index is -0.209. The number of aromatic amines is 2. The minimum Gasteiger partial charge on any atom is -0.324 e. The molecule has 13 heterocycles. The molecule has 546 valence electrons. The first-order valence-electron chi connectivity index (χ1n) is 37.7. The highest BCUT2D eigenvalue weighted by Gasteiger charge is 2.40. The number of fused-ring (bicyclic) bond motifs is 24. The molecule has 21 rings (SSSR count). The molecule has 8 bridgehead atoms. The van der Waals surface area contributed by atoms with E-state index in [0.717, 1.165) is 174 Å². The second-order valence-corrected chi connectivity index (χ2v) is 30.4. The molecule has 0 radical (unpaired) electrons. The Bertz CT molecular complexity index is 7480. The first-order chi connectivity index (χ1) is 54.1. The van der Waals surface area contributed by atoms with Gasteiger partial charge in [-0.2, -0.15) is 35.7 Å². The topological polar surface area (TPSA) is 249 Å². The van der Waals surface area contributed by atoms with Crippen LogP contribution in [0.4, 0.5) is 5.69 Å². The molecule has 1 atom stereocenters. The average molecular weight is 1470 g/mol. The Morgan fingerprint density at radius 1 is 0.277 bits per heavy atom. The van der Waals surface area contributed by atoms with Crippen molar-refractivity contribution in [3.8, 4) is 85.4 Å². The van der Waals surface area contributed by atoms with Crippen LogP contribution in [0.25, 0.3) is 173 Å². The van der Waals surface area contributed by atoms with Gasteiger partial charge in [0, 0.05) is 90.6 Å². The number of nitrogens with one attached hydrogen (secondary N) is 2. The smallest absolute Gasteiger partial charge is 0.252 e. The fourth-order valence-electron chi connectivity index (χ4n) is 18.1. The Labute approximate surface area is 640 Å².